The van der Waals surface area contributed by atoms with Crippen LogP contribution in [0.1, 0.15) is 31.6 Å². The van der Waals surface area contributed by atoms with Crippen molar-refractivity contribution in [2.24, 2.45) is 5.92 Å². The van der Waals surface area contributed by atoms with Crippen molar-refractivity contribution in [1.29, 1.82) is 0 Å². The number of aromatic nitrogens is 2. The van der Waals surface area contributed by atoms with Gasteiger partial charge in [0, 0.05) is 36.7 Å². The van der Waals surface area contributed by atoms with Gasteiger partial charge in [0.25, 0.3) is 0 Å². The van der Waals surface area contributed by atoms with Gasteiger partial charge >= 0.3 is 0 Å². The standard InChI is InChI=1S/C23H28F2N4O/c1-15-26-14-22(30-15)17-4-5-18-13-28-23(9-19(18)8-17)27-12-16-2-6-20(7-3-16)29-21(10-24)11-25/h4-5,8-9,13-14,16,20-21,29H,2-3,6-7,10-12H2,1H3,(H,27,28). The summed E-state index contributed by atoms with van der Waals surface area (Å²) in [4.78, 5) is 8.70. The fraction of sp³-hybridized carbons (Fsp3) is 0.478. The van der Waals surface area contributed by atoms with Gasteiger partial charge in [0.1, 0.15) is 19.2 Å². The SMILES string of the molecule is Cc1ncc(-c2ccc3cnc(NCC4CCC(NC(CF)CF)CC4)cc3c2)o1. The Morgan fingerprint density at radius 2 is 1.83 bits per heavy atom. The summed E-state index contributed by atoms with van der Waals surface area (Å²) in [5.41, 5.74) is 0.992. The Kier molecular flexibility index (Phi) is 6.57. The third kappa shape index (κ3) is 4.95. The number of nitrogens with zero attached hydrogens (tertiary/aromatic N) is 2. The normalized spacial score (nSPS) is 19.5. The molecule has 7 heteroatoms. The number of anilines is 1. The van der Waals surface area contributed by atoms with Crippen LogP contribution in [0.5, 0.6) is 0 Å². The highest BCUT2D eigenvalue weighted by Crippen LogP contribution is 2.27. The predicted octanol–water partition coefficient (Wildman–Crippen LogP) is 5.07. The van der Waals surface area contributed by atoms with Gasteiger partial charge in [-0.2, -0.15) is 0 Å². The quantitative estimate of drug-likeness (QED) is 0.539. The zero-order valence-corrected chi connectivity index (χ0v) is 17.2. The van der Waals surface area contributed by atoms with E-state index in [0.29, 0.717) is 11.8 Å². The molecule has 2 heterocycles. The van der Waals surface area contributed by atoms with Gasteiger partial charge in [-0.15, -0.1) is 0 Å². The first kappa shape index (κ1) is 20.7. The predicted molar refractivity (Wildman–Crippen MR) is 115 cm³/mol. The lowest BCUT2D eigenvalue weighted by Crippen LogP contribution is -2.43. The molecule has 5 nitrogen and oxygen atoms in total. The average molecular weight is 415 g/mol. The maximum Gasteiger partial charge on any atom is 0.191 e. The second-order valence-electron chi connectivity index (χ2n) is 8.15. The Bertz CT molecular complexity index is 965. The van der Waals surface area contributed by atoms with E-state index in [9.17, 15) is 8.78 Å². The van der Waals surface area contributed by atoms with E-state index in [0.717, 1.165) is 60.1 Å². The van der Waals surface area contributed by atoms with Crippen molar-refractivity contribution in [2.45, 2.75) is 44.7 Å². The molecule has 3 aromatic rings. The van der Waals surface area contributed by atoms with E-state index in [4.69, 9.17) is 4.42 Å². The molecule has 30 heavy (non-hydrogen) atoms. The summed E-state index contributed by atoms with van der Waals surface area (Å²) in [6.45, 7) is 1.38. The van der Waals surface area contributed by atoms with E-state index in [2.05, 4.69) is 32.7 Å². The van der Waals surface area contributed by atoms with Crippen LogP contribution in [0, 0.1) is 12.8 Å². The van der Waals surface area contributed by atoms with Gasteiger partial charge in [-0.25, -0.2) is 18.7 Å². The fourth-order valence-corrected chi connectivity index (χ4v) is 4.13. The highest BCUT2D eigenvalue weighted by atomic mass is 19.1. The number of oxazole rings is 1. The summed E-state index contributed by atoms with van der Waals surface area (Å²) in [5.74, 6) is 2.80. The number of nitrogens with one attached hydrogen (secondary N) is 2. The van der Waals surface area contributed by atoms with Gasteiger partial charge < -0.3 is 15.1 Å². The zero-order valence-electron chi connectivity index (χ0n) is 17.2. The summed E-state index contributed by atoms with van der Waals surface area (Å²) in [5, 5.41) is 8.72. The van der Waals surface area contributed by atoms with E-state index >= 15 is 0 Å². The van der Waals surface area contributed by atoms with Gasteiger partial charge in [0.05, 0.1) is 12.2 Å². The van der Waals surface area contributed by atoms with Crippen LogP contribution >= 0.6 is 0 Å². The smallest absolute Gasteiger partial charge is 0.191 e. The van der Waals surface area contributed by atoms with Gasteiger partial charge in [-0.3, -0.25) is 0 Å². The number of fused-ring (bicyclic) bond motifs is 1. The number of halogens is 2. The molecule has 1 fully saturated rings. The van der Waals surface area contributed by atoms with Crippen LogP contribution in [-0.2, 0) is 0 Å². The second kappa shape index (κ2) is 9.51. The number of hydrogen-bond acceptors (Lipinski definition) is 5. The van der Waals surface area contributed by atoms with E-state index in [-0.39, 0.29) is 6.04 Å². The Labute approximate surface area is 175 Å². The minimum Gasteiger partial charge on any atom is -0.441 e. The summed E-state index contributed by atoms with van der Waals surface area (Å²) in [6, 6.07) is 7.76. The molecule has 0 aliphatic heterocycles. The molecule has 0 atom stereocenters. The molecular weight excluding hydrogens is 386 g/mol. The molecule has 0 unspecified atom stereocenters. The van der Waals surface area contributed by atoms with Crippen LogP contribution in [0.25, 0.3) is 22.1 Å². The van der Waals surface area contributed by atoms with Crippen molar-refractivity contribution >= 4 is 16.6 Å². The van der Waals surface area contributed by atoms with Crippen molar-refractivity contribution < 1.29 is 13.2 Å². The zero-order chi connectivity index (χ0) is 20.9. The third-order valence-corrected chi connectivity index (χ3v) is 5.89. The first-order valence-corrected chi connectivity index (χ1v) is 10.6. The summed E-state index contributed by atoms with van der Waals surface area (Å²) >= 11 is 0. The largest absolute Gasteiger partial charge is 0.441 e. The van der Waals surface area contributed by atoms with Gasteiger partial charge in [0.2, 0.25) is 0 Å². The van der Waals surface area contributed by atoms with Crippen molar-refractivity contribution in [2.75, 3.05) is 25.2 Å². The van der Waals surface area contributed by atoms with E-state index in [1.165, 1.54) is 0 Å². The maximum absolute atomic E-state index is 12.7. The number of aryl methyl sites for hydroxylation is 1. The van der Waals surface area contributed by atoms with Crippen LogP contribution < -0.4 is 10.6 Å². The van der Waals surface area contributed by atoms with Crippen molar-refractivity contribution in [3.63, 3.8) is 0 Å². The molecule has 4 rings (SSSR count). The van der Waals surface area contributed by atoms with Crippen molar-refractivity contribution in [3.05, 3.63) is 42.5 Å². The Morgan fingerprint density at radius 1 is 1.03 bits per heavy atom. The topological polar surface area (TPSA) is 63.0 Å². The minimum atomic E-state index is -0.655. The molecule has 1 aromatic carbocycles. The van der Waals surface area contributed by atoms with Gasteiger partial charge in [-0.05, 0) is 49.1 Å². The second-order valence-corrected chi connectivity index (χ2v) is 8.15. The molecular formula is C23H28F2N4O. The third-order valence-electron chi connectivity index (χ3n) is 5.89. The summed E-state index contributed by atoms with van der Waals surface area (Å²) < 4.78 is 31.0. The molecule has 1 aliphatic rings. The lowest BCUT2D eigenvalue weighted by atomic mass is 9.85. The number of alkyl halides is 2. The Hall–Kier alpha value is -2.54. The molecule has 0 amide bonds. The molecule has 0 radical (unpaired) electrons. The van der Waals surface area contributed by atoms with Crippen LogP contribution in [0.3, 0.4) is 0 Å². The lowest BCUT2D eigenvalue weighted by Gasteiger charge is -2.31. The Balaban J connectivity index is 1.34. The van der Waals surface area contributed by atoms with Crippen molar-refractivity contribution in [3.8, 4) is 11.3 Å². The van der Waals surface area contributed by atoms with Crippen LogP contribution in [0.15, 0.2) is 41.1 Å². The Morgan fingerprint density at radius 3 is 2.53 bits per heavy atom. The summed E-state index contributed by atoms with van der Waals surface area (Å²) in [6.07, 6.45) is 7.60. The first-order chi connectivity index (χ1) is 14.6. The minimum absolute atomic E-state index is 0.217. The van der Waals surface area contributed by atoms with E-state index < -0.39 is 19.4 Å². The average Bonchev–Trinajstić information content (AvgIpc) is 3.22. The number of pyridine rings is 1. The molecule has 2 N–H and O–H groups in total. The molecule has 0 saturated heterocycles. The van der Waals surface area contributed by atoms with Gasteiger partial charge in [0.15, 0.2) is 11.7 Å². The number of benzene rings is 1. The summed E-state index contributed by atoms with van der Waals surface area (Å²) in [7, 11) is 0. The maximum atomic E-state index is 12.7. The van der Waals surface area contributed by atoms with Crippen LogP contribution in [-0.4, -0.2) is 41.9 Å². The molecule has 0 bridgehead atoms. The highest BCUT2D eigenvalue weighted by Gasteiger charge is 2.23. The molecule has 2 aromatic heterocycles. The highest BCUT2D eigenvalue weighted by molar-refractivity contribution is 5.87. The fourth-order valence-electron chi connectivity index (χ4n) is 4.13. The van der Waals surface area contributed by atoms with Crippen LogP contribution in [0.2, 0.25) is 0 Å². The number of rotatable bonds is 8. The van der Waals surface area contributed by atoms with Crippen LogP contribution in [0.4, 0.5) is 14.6 Å². The molecule has 0 spiro atoms. The van der Waals surface area contributed by atoms with Gasteiger partial charge in [-0.1, -0.05) is 12.1 Å². The first-order valence-electron chi connectivity index (χ1n) is 10.6. The van der Waals surface area contributed by atoms with E-state index in [1.54, 1.807) is 6.20 Å². The van der Waals surface area contributed by atoms with E-state index in [1.807, 2.05) is 25.3 Å². The lowest BCUT2D eigenvalue weighted by molar-refractivity contribution is 0.237. The monoisotopic (exact) mass is 414 g/mol. The molecule has 1 aliphatic carbocycles. The molecule has 160 valence electrons. The molecule has 1 saturated carbocycles. The van der Waals surface area contributed by atoms with Crippen molar-refractivity contribution in [1.82, 2.24) is 15.3 Å². The number of hydrogen-bond donors (Lipinski definition) is 2.